The van der Waals surface area contributed by atoms with Gasteiger partial charge in [-0.25, -0.2) is 0 Å². The lowest BCUT2D eigenvalue weighted by Crippen LogP contribution is -2.57. The van der Waals surface area contributed by atoms with Crippen molar-refractivity contribution in [1.29, 1.82) is 0 Å². The number of primary amides is 1. The van der Waals surface area contributed by atoms with Gasteiger partial charge in [0.05, 0.1) is 10.6 Å². The molecule has 5 amide bonds. The fourth-order valence-corrected chi connectivity index (χ4v) is 5.41. The molecule has 208 valence electrons. The largest absolute Gasteiger partial charge is 0.368 e. The summed E-state index contributed by atoms with van der Waals surface area (Å²) >= 11 is 6.20. The van der Waals surface area contributed by atoms with E-state index >= 15 is 0 Å². The van der Waals surface area contributed by atoms with Crippen molar-refractivity contribution in [3.8, 4) is 0 Å². The first-order valence-corrected chi connectivity index (χ1v) is 13.6. The van der Waals surface area contributed by atoms with E-state index in [0.717, 1.165) is 6.42 Å². The molecule has 38 heavy (non-hydrogen) atoms. The zero-order chi connectivity index (χ0) is 28.0. The van der Waals surface area contributed by atoms with Gasteiger partial charge in [0.15, 0.2) is 0 Å². The smallest absolute Gasteiger partial charge is 0.253 e. The number of halogens is 1. The molecule has 0 aliphatic carbocycles. The van der Waals surface area contributed by atoms with Gasteiger partial charge >= 0.3 is 0 Å². The first kappa shape index (κ1) is 29.4. The number of hydrogen-bond donors (Lipinski definition) is 4. The molecule has 5 N–H and O–H groups in total. The molecule has 0 spiro atoms. The summed E-state index contributed by atoms with van der Waals surface area (Å²) in [7, 11) is 1.52. The normalized spacial score (nSPS) is 27.2. The Labute approximate surface area is 228 Å². The Morgan fingerprint density at radius 1 is 1.08 bits per heavy atom. The standard InChI is InChI=1S/C27H38ClN5O5/c1-15(2)12-22-26(37)32-21(23(29)34)14-16-13-17(30-24(16)35)8-4-7-11-20(27(38)33(22)3)31-25(36)18-9-5-6-10-19(18)28/h5-6,9-10,15-17,20-22H,4,7-8,11-14H2,1-3H3,(H2,29,34)(H,30,35)(H,31,36)(H,32,37)/t16-,17+,20-,21-,22-/m0/s1. The molecule has 0 aromatic heterocycles. The van der Waals surface area contributed by atoms with Gasteiger partial charge in [-0.05, 0) is 50.2 Å². The Kier molecular flexibility index (Phi) is 10.1. The lowest BCUT2D eigenvalue weighted by molar-refractivity contribution is -0.142. The van der Waals surface area contributed by atoms with E-state index in [4.69, 9.17) is 17.3 Å². The summed E-state index contributed by atoms with van der Waals surface area (Å²) in [4.78, 5) is 66.3. The maximum atomic E-state index is 13.7. The molecular formula is C27H38ClN5O5. The number of nitrogens with one attached hydrogen (secondary N) is 3. The van der Waals surface area contributed by atoms with Crippen LogP contribution in [0.4, 0.5) is 0 Å². The number of carbonyl (C=O) groups excluding carboxylic acids is 5. The van der Waals surface area contributed by atoms with Gasteiger partial charge in [0, 0.05) is 19.0 Å². The number of carbonyl (C=O) groups is 5. The van der Waals surface area contributed by atoms with Crippen molar-refractivity contribution in [1.82, 2.24) is 20.9 Å². The van der Waals surface area contributed by atoms with Crippen LogP contribution < -0.4 is 21.7 Å². The number of fused-ring (bicyclic) bond motifs is 2. The minimum Gasteiger partial charge on any atom is -0.368 e. The van der Waals surface area contributed by atoms with Crippen LogP contribution in [0.3, 0.4) is 0 Å². The Balaban J connectivity index is 1.91. The molecule has 11 heteroatoms. The van der Waals surface area contributed by atoms with Gasteiger partial charge in [0.2, 0.25) is 23.6 Å². The number of benzene rings is 1. The molecule has 0 saturated carbocycles. The van der Waals surface area contributed by atoms with Crippen LogP contribution in [0.5, 0.6) is 0 Å². The second-order valence-corrected chi connectivity index (χ2v) is 11.1. The van der Waals surface area contributed by atoms with Gasteiger partial charge < -0.3 is 26.6 Å². The second-order valence-electron chi connectivity index (χ2n) is 10.7. The maximum absolute atomic E-state index is 13.7. The summed E-state index contributed by atoms with van der Waals surface area (Å²) in [5.41, 5.74) is 5.85. The van der Waals surface area contributed by atoms with Gasteiger partial charge in [-0.3, -0.25) is 24.0 Å². The summed E-state index contributed by atoms with van der Waals surface area (Å²) in [5, 5.41) is 8.74. The van der Waals surface area contributed by atoms with Gasteiger partial charge in [0.1, 0.15) is 18.1 Å². The molecule has 2 fully saturated rings. The Morgan fingerprint density at radius 2 is 1.76 bits per heavy atom. The molecule has 2 aliphatic rings. The number of nitrogens with two attached hydrogens (primary N) is 1. The van der Waals surface area contributed by atoms with E-state index in [1.165, 1.54) is 11.9 Å². The minimum absolute atomic E-state index is 0.0487. The van der Waals surface area contributed by atoms with Crippen molar-refractivity contribution in [2.75, 3.05) is 7.05 Å². The van der Waals surface area contributed by atoms with Gasteiger partial charge in [0.25, 0.3) is 5.91 Å². The molecule has 3 rings (SSSR count). The average Bonchev–Trinajstić information content (AvgIpc) is 3.21. The van der Waals surface area contributed by atoms with Crippen LogP contribution in [-0.2, 0) is 19.2 Å². The van der Waals surface area contributed by atoms with Crippen LogP contribution >= 0.6 is 11.6 Å². The third-order valence-electron chi connectivity index (χ3n) is 7.30. The predicted molar refractivity (Wildman–Crippen MR) is 143 cm³/mol. The number of hydrogen-bond acceptors (Lipinski definition) is 5. The molecule has 2 saturated heterocycles. The van der Waals surface area contributed by atoms with Crippen LogP contribution in [0.25, 0.3) is 0 Å². The molecule has 2 heterocycles. The third-order valence-corrected chi connectivity index (χ3v) is 7.63. The molecule has 10 nitrogen and oxygen atoms in total. The van der Waals surface area contributed by atoms with Gasteiger partial charge in [-0.1, -0.05) is 50.4 Å². The van der Waals surface area contributed by atoms with E-state index in [1.807, 2.05) is 13.8 Å². The van der Waals surface area contributed by atoms with E-state index in [2.05, 4.69) is 16.0 Å². The first-order chi connectivity index (χ1) is 18.0. The average molecular weight is 548 g/mol. The lowest BCUT2D eigenvalue weighted by Gasteiger charge is -2.33. The number of amides is 5. The van der Waals surface area contributed by atoms with Crippen molar-refractivity contribution < 1.29 is 24.0 Å². The molecule has 1 aromatic rings. The van der Waals surface area contributed by atoms with E-state index in [-0.39, 0.29) is 34.9 Å². The van der Waals surface area contributed by atoms with Crippen molar-refractivity contribution >= 4 is 41.1 Å². The molecule has 2 bridgehead atoms. The van der Waals surface area contributed by atoms with Crippen LogP contribution in [0.2, 0.25) is 5.02 Å². The van der Waals surface area contributed by atoms with Crippen LogP contribution in [0.1, 0.15) is 69.2 Å². The summed E-state index contributed by atoms with van der Waals surface area (Å²) in [6, 6.07) is 3.67. The first-order valence-electron chi connectivity index (χ1n) is 13.2. The Hall–Kier alpha value is -3.14. The topological polar surface area (TPSA) is 151 Å². The summed E-state index contributed by atoms with van der Waals surface area (Å²) in [6.07, 6.45) is 3.36. The molecular weight excluding hydrogens is 510 g/mol. The fourth-order valence-electron chi connectivity index (χ4n) is 5.19. The van der Waals surface area contributed by atoms with Crippen LogP contribution in [0.15, 0.2) is 24.3 Å². The summed E-state index contributed by atoms with van der Waals surface area (Å²) < 4.78 is 0. The van der Waals surface area contributed by atoms with Crippen molar-refractivity contribution in [2.24, 2.45) is 17.6 Å². The zero-order valence-corrected chi connectivity index (χ0v) is 22.9. The highest BCUT2D eigenvalue weighted by atomic mass is 35.5. The van der Waals surface area contributed by atoms with Gasteiger partial charge in [-0.2, -0.15) is 0 Å². The lowest BCUT2D eigenvalue weighted by atomic mass is 9.94. The van der Waals surface area contributed by atoms with Crippen LogP contribution in [-0.4, -0.2) is 65.7 Å². The quantitative estimate of drug-likeness (QED) is 0.443. The van der Waals surface area contributed by atoms with E-state index in [0.29, 0.717) is 32.1 Å². The Morgan fingerprint density at radius 3 is 2.42 bits per heavy atom. The molecule has 0 radical (unpaired) electrons. The molecule has 2 aliphatic heterocycles. The molecule has 5 atom stereocenters. The monoisotopic (exact) mass is 547 g/mol. The Bertz CT molecular complexity index is 1060. The van der Waals surface area contributed by atoms with E-state index in [9.17, 15) is 24.0 Å². The molecule has 1 aromatic carbocycles. The maximum Gasteiger partial charge on any atom is 0.253 e. The highest BCUT2D eigenvalue weighted by molar-refractivity contribution is 6.33. The SMILES string of the molecule is CC(C)C[C@H]1C(=O)N[C@H](C(N)=O)C[C@@H]2C[C@@H](CCCC[C@H](NC(=O)c3ccccc3Cl)C(=O)N1C)NC2=O. The number of nitrogens with zero attached hydrogens (tertiary/aromatic N) is 1. The van der Waals surface area contributed by atoms with Crippen LogP contribution in [0, 0.1) is 11.8 Å². The highest BCUT2D eigenvalue weighted by Crippen LogP contribution is 2.25. The highest BCUT2D eigenvalue weighted by Gasteiger charge is 2.38. The van der Waals surface area contributed by atoms with Crippen molar-refractivity contribution in [3.05, 3.63) is 34.9 Å². The van der Waals surface area contributed by atoms with Crippen molar-refractivity contribution in [2.45, 2.75) is 83.0 Å². The summed E-state index contributed by atoms with van der Waals surface area (Å²) in [5.74, 6) is -2.70. The summed E-state index contributed by atoms with van der Waals surface area (Å²) in [6.45, 7) is 3.85. The number of rotatable bonds is 5. The minimum atomic E-state index is -1.05. The zero-order valence-electron chi connectivity index (χ0n) is 22.2. The second kappa shape index (κ2) is 13.1. The van der Waals surface area contributed by atoms with E-state index < -0.39 is 47.7 Å². The van der Waals surface area contributed by atoms with Gasteiger partial charge in [-0.15, -0.1) is 0 Å². The molecule has 0 unspecified atom stereocenters. The fraction of sp³-hybridized carbons (Fsp3) is 0.593. The predicted octanol–water partition coefficient (Wildman–Crippen LogP) is 1.75. The number of likely N-dealkylation sites (N-methyl/N-ethyl adjacent to an activating group) is 1. The third kappa shape index (κ3) is 7.46. The van der Waals surface area contributed by atoms with E-state index in [1.54, 1.807) is 24.3 Å². The van der Waals surface area contributed by atoms with Crippen molar-refractivity contribution in [3.63, 3.8) is 0 Å².